The molecule has 1 aliphatic rings. The lowest BCUT2D eigenvalue weighted by Gasteiger charge is -2.35. The van der Waals surface area contributed by atoms with Crippen LogP contribution in [0, 0.1) is 35.4 Å². The van der Waals surface area contributed by atoms with E-state index in [1.807, 2.05) is 25.4 Å². The first-order chi connectivity index (χ1) is 17.9. The molecular formula is C27H26FN7OS. The van der Waals surface area contributed by atoms with Crippen molar-refractivity contribution in [3.05, 3.63) is 65.5 Å². The molecule has 188 valence electrons. The molecule has 10 heteroatoms. The van der Waals surface area contributed by atoms with Crippen molar-refractivity contribution in [2.24, 2.45) is 0 Å². The number of piperidine rings is 1. The highest BCUT2D eigenvalue weighted by atomic mass is 32.2. The molecule has 0 bridgehead atoms. The Labute approximate surface area is 218 Å². The molecule has 37 heavy (non-hydrogen) atoms. The number of benzene rings is 1. The zero-order valence-corrected chi connectivity index (χ0v) is 21.4. The Morgan fingerprint density at radius 2 is 1.86 bits per heavy atom. The molecular weight excluding hydrogens is 489 g/mol. The molecule has 1 aliphatic heterocycles. The van der Waals surface area contributed by atoms with E-state index in [0.29, 0.717) is 16.0 Å². The molecule has 1 N–H and O–H groups in total. The van der Waals surface area contributed by atoms with E-state index >= 15 is 0 Å². The average Bonchev–Trinajstić information content (AvgIpc) is 3.52. The van der Waals surface area contributed by atoms with Gasteiger partial charge >= 0.3 is 0 Å². The van der Waals surface area contributed by atoms with Gasteiger partial charge in [0.25, 0.3) is 0 Å². The zero-order valence-electron chi connectivity index (χ0n) is 20.6. The minimum atomic E-state index is -0.471. The van der Waals surface area contributed by atoms with E-state index in [0.717, 1.165) is 47.6 Å². The van der Waals surface area contributed by atoms with Crippen molar-refractivity contribution in [2.75, 3.05) is 19.7 Å². The quantitative estimate of drug-likeness (QED) is 0.401. The fourth-order valence-corrected chi connectivity index (χ4v) is 6.02. The van der Waals surface area contributed by atoms with Crippen LogP contribution in [0.2, 0.25) is 0 Å². The predicted molar refractivity (Wildman–Crippen MR) is 137 cm³/mol. The Hall–Kier alpha value is -3.70. The lowest BCUT2D eigenvalue weighted by atomic mass is 10.0. The van der Waals surface area contributed by atoms with Crippen molar-refractivity contribution in [1.82, 2.24) is 24.3 Å². The summed E-state index contributed by atoms with van der Waals surface area (Å²) < 4.78 is 17.5. The van der Waals surface area contributed by atoms with Crippen LogP contribution in [0.15, 0.2) is 52.6 Å². The fraction of sp³-hybridized carbons (Fsp3) is 0.333. The molecule has 4 heterocycles. The molecule has 1 atom stereocenters. The largest absolute Gasteiger partial charge is 0.395 e. The number of pyridine rings is 1. The number of rotatable bonds is 6. The molecule has 5 rings (SSSR count). The maximum atomic E-state index is 13.7. The van der Waals surface area contributed by atoms with Gasteiger partial charge in [-0.05, 0) is 51.0 Å². The molecule has 1 saturated heterocycles. The van der Waals surface area contributed by atoms with Gasteiger partial charge < -0.3 is 5.11 Å². The summed E-state index contributed by atoms with van der Waals surface area (Å²) in [6.07, 6.45) is 7.19. The summed E-state index contributed by atoms with van der Waals surface area (Å²) in [4.78, 5) is 3.65. The van der Waals surface area contributed by atoms with Crippen molar-refractivity contribution >= 4 is 17.3 Å². The summed E-state index contributed by atoms with van der Waals surface area (Å²) in [6, 6.07) is 10.8. The first-order valence-electron chi connectivity index (χ1n) is 12.1. The van der Waals surface area contributed by atoms with Gasteiger partial charge in [-0.15, -0.1) is 0 Å². The van der Waals surface area contributed by atoms with E-state index in [4.69, 9.17) is 5.10 Å². The maximum absolute atomic E-state index is 13.7. The second-order valence-electron chi connectivity index (χ2n) is 9.30. The molecule has 0 aliphatic carbocycles. The molecule has 0 radical (unpaired) electrons. The number of nitriles is 2. The highest BCUT2D eigenvalue weighted by Gasteiger charge is 2.26. The maximum Gasteiger partial charge on any atom is 0.124 e. The number of aliphatic hydroxyl groups is 1. The monoisotopic (exact) mass is 515 g/mol. The second kappa shape index (κ2) is 10.3. The standard InChI is InChI=1S/C27H26FN7OS/c1-17(16-36)33-7-5-23(6-8-33)35-18(2)24(14-32-35)20-10-26(27-21(12-30)13-31-34(27)15-20)37-25-4-3-22(28)9-19(25)11-29/h3-4,9-10,13-15,17,23,36H,5-8,16H2,1-2H3/t17-/m0/s1. The number of fused-ring (bicyclic) bond motifs is 1. The van der Waals surface area contributed by atoms with Gasteiger partial charge in [0.05, 0.1) is 41.7 Å². The third-order valence-corrected chi connectivity index (χ3v) is 8.17. The number of aliphatic hydroxyl groups excluding tert-OH is 1. The first-order valence-corrected chi connectivity index (χ1v) is 12.9. The number of nitrogens with zero attached hydrogens (tertiary/aromatic N) is 7. The third-order valence-electron chi connectivity index (χ3n) is 7.07. The topological polar surface area (TPSA) is 106 Å². The molecule has 3 aromatic heterocycles. The molecule has 4 aromatic rings. The highest BCUT2D eigenvalue weighted by Crippen LogP contribution is 2.38. The molecule has 0 spiro atoms. The van der Waals surface area contributed by atoms with Crippen molar-refractivity contribution in [3.63, 3.8) is 0 Å². The lowest BCUT2D eigenvalue weighted by Crippen LogP contribution is -2.42. The second-order valence-corrected chi connectivity index (χ2v) is 10.4. The van der Waals surface area contributed by atoms with E-state index in [-0.39, 0.29) is 24.3 Å². The van der Waals surface area contributed by atoms with E-state index in [1.165, 1.54) is 30.1 Å². The average molecular weight is 516 g/mol. The van der Waals surface area contributed by atoms with E-state index in [9.17, 15) is 20.0 Å². The van der Waals surface area contributed by atoms with Crippen molar-refractivity contribution in [2.45, 2.75) is 48.6 Å². The van der Waals surface area contributed by atoms with Crippen LogP contribution in [0.25, 0.3) is 16.6 Å². The number of hydrogen-bond donors (Lipinski definition) is 1. The summed E-state index contributed by atoms with van der Waals surface area (Å²) in [7, 11) is 0. The van der Waals surface area contributed by atoms with Crippen LogP contribution in [0.4, 0.5) is 4.39 Å². The normalized spacial score (nSPS) is 15.5. The van der Waals surface area contributed by atoms with Crippen LogP contribution in [0.5, 0.6) is 0 Å². The summed E-state index contributed by atoms with van der Waals surface area (Å²) in [5.41, 5.74) is 4.18. The van der Waals surface area contributed by atoms with Crippen LogP contribution in [0.3, 0.4) is 0 Å². The van der Waals surface area contributed by atoms with Crippen molar-refractivity contribution in [3.8, 4) is 23.3 Å². The minimum absolute atomic E-state index is 0.160. The smallest absolute Gasteiger partial charge is 0.124 e. The van der Waals surface area contributed by atoms with E-state index < -0.39 is 5.82 Å². The first kappa shape index (κ1) is 25.0. The van der Waals surface area contributed by atoms with Crippen LogP contribution in [-0.2, 0) is 0 Å². The van der Waals surface area contributed by atoms with Gasteiger partial charge in [0.2, 0.25) is 0 Å². The van der Waals surface area contributed by atoms with Gasteiger partial charge in [-0.3, -0.25) is 9.58 Å². The van der Waals surface area contributed by atoms with E-state index in [1.54, 1.807) is 10.6 Å². The summed E-state index contributed by atoms with van der Waals surface area (Å²) >= 11 is 1.31. The van der Waals surface area contributed by atoms with Gasteiger partial charge in [0, 0.05) is 51.9 Å². The van der Waals surface area contributed by atoms with Crippen molar-refractivity contribution in [1.29, 1.82) is 10.5 Å². The van der Waals surface area contributed by atoms with Crippen LogP contribution in [0.1, 0.15) is 42.6 Å². The predicted octanol–water partition coefficient (Wildman–Crippen LogP) is 4.56. The Morgan fingerprint density at radius 3 is 2.57 bits per heavy atom. The molecule has 0 saturated carbocycles. The lowest BCUT2D eigenvalue weighted by molar-refractivity contribution is 0.0954. The Morgan fingerprint density at radius 1 is 1.11 bits per heavy atom. The van der Waals surface area contributed by atoms with E-state index in [2.05, 4.69) is 33.7 Å². The van der Waals surface area contributed by atoms with Crippen LogP contribution < -0.4 is 0 Å². The van der Waals surface area contributed by atoms with Crippen LogP contribution >= 0.6 is 11.8 Å². The molecule has 8 nitrogen and oxygen atoms in total. The fourth-order valence-electron chi connectivity index (χ4n) is 4.95. The van der Waals surface area contributed by atoms with Gasteiger partial charge in [0.15, 0.2) is 0 Å². The van der Waals surface area contributed by atoms with Gasteiger partial charge in [-0.1, -0.05) is 11.8 Å². The number of aromatic nitrogens is 4. The Kier molecular flexibility index (Phi) is 6.98. The van der Waals surface area contributed by atoms with Gasteiger partial charge in [-0.2, -0.15) is 20.7 Å². The summed E-state index contributed by atoms with van der Waals surface area (Å²) in [6.45, 7) is 6.09. The molecule has 1 aromatic carbocycles. The van der Waals surface area contributed by atoms with Crippen LogP contribution in [-0.4, -0.2) is 55.1 Å². The number of halogens is 1. The minimum Gasteiger partial charge on any atom is -0.395 e. The Bertz CT molecular complexity index is 1540. The third kappa shape index (κ3) is 4.72. The Balaban J connectivity index is 1.51. The van der Waals surface area contributed by atoms with Crippen molar-refractivity contribution < 1.29 is 9.50 Å². The summed E-state index contributed by atoms with van der Waals surface area (Å²) in [5, 5.41) is 37.8. The summed E-state index contributed by atoms with van der Waals surface area (Å²) in [5.74, 6) is -0.471. The number of likely N-dealkylation sites (tertiary alicyclic amines) is 1. The molecule has 1 fully saturated rings. The molecule has 0 amide bonds. The SMILES string of the molecule is Cc1c(-c2cc(Sc3ccc(F)cc3C#N)c3c(C#N)cnn3c2)cnn1C1CCN([C@@H](C)CO)CC1. The number of hydrogen-bond acceptors (Lipinski definition) is 7. The van der Waals surface area contributed by atoms with Gasteiger partial charge in [-0.25, -0.2) is 8.91 Å². The molecule has 0 unspecified atom stereocenters. The highest BCUT2D eigenvalue weighted by molar-refractivity contribution is 7.99. The zero-order chi connectivity index (χ0) is 26.1. The van der Waals surface area contributed by atoms with Gasteiger partial charge in [0.1, 0.15) is 18.0 Å².